The molecule has 0 fully saturated rings. The van der Waals surface area contributed by atoms with Gasteiger partial charge in [0, 0.05) is 0 Å². The number of carboxylic acid groups (broad SMARTS) is 1. The highest BCUT2D eigenvalue weighted by Crippen LogP contribution is 2.34. The van der Waals surface area contributed by atoms with Gasteiger partial charge in [0.25, 0.3) is 5.69 Å². The van der Waals surface area contributed by atoms with E-state index in [0.717, 1.165) is 17.7 Å². The van der Waals surface area contributed by atoms with E-state index in [2.05, 4.69) is 0 Å². The molecule has 0 N–H and O–H groups in total. The lowest BCUT2D eigenvalue weighted by molar-refractivity contribution is -0.385. The molecule has 0 bridgehead atoms. The minimum absolute atomic E-state index is 0.0765. The van der Waals surface area contributed by atoms with Gasteiger partial charge in [-0.05, 0) is 11.6 Å². The molecule has 0 aliphatic heterocycles. The van der Waals surface area contributed by atoms with Crippen LogP contribution in [0.2, 0.25) is 0 Å². The number of methoxy groups -OCH3 is 1. The van der Waals surface area contributed by atoms with E-state index in [1.54, 1.807) is 0 Å². The summed E-state index contributed by atoms with van der Waals surface area (Å²) in [5, 5.41) is 21.9. The van der Waals surface area contributed by atoms with E-state index in [-0.39, 0.29) is 18.1 Å². The number of nitrogens with zero attached hydrogens (tertiary/aromatic N) is 1. The van der Waals surface area contributed by atoms with Crippen molar-refractivity contribution in [3.8, 4) is 11.5 Å². The van der Waals surface area contributed by atoms with Gasteiger partial charge < -0.3 is 19.4 Å². The summed E-state index contributed by atoms with van der Waals surface area (Å²) in [6, 6.07) is 11.2. The number of nitro benzene ring substituents is 1. The monoisotopic (exact) mass is 302 g/mol. The standard InChI is InChI=1S/C15H13NO6/c1-21-13-8-12(16(19)20)11(15(17)18)7-14(13)22-9-10-5-3-2-4-6-10/h2-8H,9H2,1H3,(H,17,18)/p-1. The van der Waals surface area contributed by atoms with Crippen molar-refractivity contribution in [2.24, 2.45) is 0 Å². The number of hydrogen-bond acceptors (Lipinski definition) is 6. The van der Waals surface area contributed by atoms with Gasteiger partial charge in [0.05, 0.1) is 29.6 Å². The molecular weight excluding hydrogens is 290 g/mol. The normalized spacial score (nSPS) is 10.0. The van der Waals surface area contributed by atoms with Crippen molar-refractivity contribution in [3.63, 3.8) is 0 Å². The number of benzene rings is 2. The maximum Gasteiger partial charge on any atom is 0.282 e. The maximum atomic E-state index is 11.0. The molecule has 22 heavy (non-hydrogen) atoms. The van der Waals surface area contributed by atoms with Gasteiger partial charge in [-0.1, -0.05) is 30.3 Å². The number of carboxylic acids is 1. The number of aromatic carboxylic acids is 1. The Labute approximate surface area is 125 Å². The van der Waals surface area contributed by atoms with Crippen molar-refractivity contribution in [3.05, 3.63) is 63.7 Å². The predicted molar refractivity (Wildman–Crippen MR) is 74.8 cm³/mol. The van der Waals surface area contributed by atoms with E-state index in [4.69, 9.17) is 9.47 Å². The molecule has 0 amide bonds. The van der Waals surface area contributed by atoms with Crippen LogP contribution < -0.4 is 14.6 Å². The minimum Gasteiger partial charge on any atom is -0.545 e. The zero-order valence-electron chi connectivity index (χ0n) is 11.6. The molecule has 0 aliphatic carbocycles. The summed E-state index contributed by atoms with van der Waals surface area (Å²) in [4.78, 5) is 21.1. The van der Waals surface area contributed by atoms with Gasteiger partial charge in [0.2, 0.25) is 0 Å². The third kappa shape index (κ3) is 3.32. The molecule has 0 atom stereocenters. The lowest BCUT2D eigenvalue weighted by Crippen LogP contribution is -2.23. The van der Waals surface area contributed by atoms with E-state index in [1.165, 1.54) is 7.11 Å². The fourth-order valence-electron chi connectivity index (χ4n) is 1.87. The number of hydrogen-bond donors (Lipinski definition) is 0. The third-order valence-electron chi connectivity index (χ3n) is 2.94. The number of nitro groups is 1. The van der Waals surface area contributed by atoms with Crippen LogP contribution in [0.1, 0.15) is 15.9 Å². The van der Waals surface area contributed by atoms with Crippen molar-refractivity contribution < 1.29 is 24.3 Å². The molecule has 2 aromatic rings. The van der Waals surface area contributed by atoms with E-state index in [9.17, 15) is 20.0 Å². The quantitative estimate of drug-likeness (QED) is 0.592. The Bertz CT molecular complexity index is 699. The molecule has 0 saturated heterocycles. The number of rotatable bonds is 6. The molecule has 7 heteroatoms. The second kappa shape index (κ2) is 6.57. The Kier molecular flexibility index (Phi) is 4.57. The molecule has 0 aromatic heterocycles. The first-order chi connectivity index (χ1) is 10.5. The Balaban J connectivity index is 2.35. The summed E-state index contributed by atoms with van der Waals surface area (Å²) < 4.78 is 10.5. The van der Waals surface area contributed by atoms with Crippen LogP contribution in [0.3, 0.4) is 0 Å². The zero-order chi connectivity index (χ0) is 16.1. The van der Waals surface area contributed by atoms with Gasteiger partial charge in [0.1, 0.15) is 6.61 Å². The first-order valence-corrected chi connectivity index (χ1v) is 6.27. The van der Waals surface area contributed by atoms with Crippen molar-refractivity contribution in [1.82, 2.24) is 0 Å². The van der Waals surface area contributed by atoms with Crippen molar-refractivity contribution in [2.75, 3.05) is 7.11 Å². The lowest BCUT2D eigenvalue weighted by Gasteiger charge is -2.13. The molecule has 0 spiro atoms. The van der Waals surface area contributed by atoms with Crippen LogP contribution in [0, 0.1) is 10.1 Å². The molecule has 2 aromatic carbocycles. The Hall–Kier alpha value is -3.09. The average Bonchev–Trinajstić information content (AvgIpc) is 2.52. The van der Waals surface area contributed by atoms with Crippen LogP contribution in [-0.4, -0.2) is 18.0 Å². The van der Waals surface area contributed by atoms with E-state index >= 15 is 0 Å². The second-order valence-electron chi connectivity index (χ2n) is 4.34. The zero-order valence-corrected chi connectivity index (χ0v) is 11.6. The van der Waals surface area contributed by atoms with Gasteiger partial charge in [-0.15, -0.1) is 0 Å². The van der Waals surface area contributed by atoms with Gasteiger partial charge >= 0.3 is 0 Å². The number of ether oxygens (including phenoxy) is 2. The van der Waals surface area contributed by atoms with E-state index < -0.39 is 22.1 Å². The van der Waals surface area contributed by atoms with Crippen LogP contribution >= 0.6 is 0 Å². The summed E-state index contributed by atoms with van der Waals surface area (Å²) in [6.45, 7) is 0.168. The first-order valence-electron chi connectivity index (χ1n) is 6.27. The summed E-state index contributed by atoms with van der Waals surface area (Å²) in [6.07, 6.45) is 0. The summed E-state index contributed by atoms with van der Waals surface area (Å²) in [7, 11) is 1.31. The van der Waals surface area contributed by atoms with Crippen LogP contribution in [0.15, 0.2) is 42.5 Å². The molecule has 0 radical (unpaired) electrons. The van der Waals surface area contributed by atoms with Crippen molar-refractivity contribution in [2.45, 2.75) is 6.61 Å². The fraction of sp³-hybridized carbons (Fsp3) is 0.133. The molecule has 2 rings (SSSR count). The Morgan fingerprint density at radius 3 is 2.41 bits per heavy atom. The van der Waals surface area contributed by atoms with E-state index in [1.807, 2.05) is 30.3 Å². The van der Waals surface area contributed by atoms with Crippen molar-refractivity contribution >= 4 is 11.7 Å². The molecule has 0 unspecified atom stereocenters. The Morgan fingerprint density at radius 2 is 1.86 bits per heavy atom. The highest BCUT2D eigenvalue weighted by atomic mass is 16.6. The Morgan fingerprint density at radius 1 is 1.18 bits per heavy atom. The first kappa shape index (κ1) is 15.3. The fourth-order valence-corrected chi connectivity index (χ4v) is 1.87. The number of carbonyl (C=O) groups excluding carboxylic acids is 1. The molecule has 0 saturated carbocycles. The highest BCUT2D eigenvalue weighted by Gasteiger charge is 2.20. The molecule has 0 heterocycles. The summed E-state index contributed by atoms with van der Waals surface area (Å²) in [5.74, 6) is -1.48. The SMILES string of the molecule is COc1cc([N+](=O)[O-])c(C(=O)[O-])cc1OCc1ccccc1. The third-order valence-corrected chi connectivity index (χ3v) is 2.94. The van der Waals surface area contributed by atoms with Crippen LogP contribution in [0.5, 0.6) is 11.5 Å². The van der Waals surface area contributed by atoms with Gasteiger partial charge in [-0.3, -0.25) is 10.1 Å². The van der Waals surface area contributed by atoms with Crippen LogP contribution in [0.25, 0.3) is 0 Å². The highest BCUT2D eigenvalue weighted by molar-refractivity contribution is 5.92. The average molecular weight is 302 g/mol. The topological polar surface area (TPSA) is 102 Å². The second-order valence-corrected chi connectivity index (χ2v) is 4.34. The van der Waals surface area contributed by atoms with Crippen molar-refractivity contribution in [1.29, 1.82) is 0 Å². The van der Waals surface area contributed by atoms with Crippen LogP contribution in [-0.2, 0) is 6.61 Å². The molecule has 7 nitrogen and oxygen atoms in total. The summed E-state index contributed by atoms with van der Waals surface area (Å²) in [5.41, 5.74) is -0.310. The molecular formula is C15H12NO6-. The largest absolute Gasteiger partial charge is 0.545 e. The van der Waals surface area contributed by atoms with E-state index in [0.29, 0.717) is 0 Å². The summed E-state index contributed by atoms with van der Waals surface area (Å²) >= 11 is 0. The van der Waals surface area contributed by atoms with Gasteiger partial charge in [-0.2, -0.15) is 0 Å². The smallest absolute Gasteiger partial charge is 0.282 e. The maximum absolute atomic E-state index is 11.0. The van der Waals surface area contributed by atoms with Gasteiger partial charge in [-0.25, -0.2) is 0 Å². The molecule has 0 aliphatic rings. The minimum atomic E-state index is -1.65. The van der Waals surface area contributed by atoms with Crippen LogP contribution in [0.4, 0.5) is 5.69 Å². The number of carbonyl (C=O) groups is 1. The lowest BCUT2D eigenvalue weighted by atomic mass is 10.1. The molecule has 114 valence electrons. The predicted octanol–water partition coefficient (Wildman–Crippen LogP) is 1.55. The van der Waals surface area contributed by atoms with Gasteiger partial charge in [0.15, 0.2) is 11.5 Å².